The van der Waals surface area contributed by atoms with E-state index in [1.165, 1.54) is 12.1 Å². The van der Waals surface area contributed by atoms with Crippen LogP contribution in [0.1, 0.15) is 11.3 Å². The van der Waals surface area contributed by atoms with Gasteiger partial charge >= 0.3 is 6.18 Å². The van der Waals surface area contributed by atoms with Crippen molar-refractivity contribution in [2.45, 2.75) is 12.8 Å². The number of hydrogen-bond donors (Lipinski definition) is 1. The number of fused-ring (bicyclic) bond motifs is 1. The highest BCUT2D eigenvalue weighted by atomic mass is 19.4. The Balaban J connectivity index is 1.76. The third-order valence-electron chi connectivity index (χ3n) is 3.14. The molecule has 0 radical (unpaired) electrons. The van der Waals surface area contributed by atoms with Crippen LogP contribution in [0.2, 0.25) is 0 Å². The molecule has 0 unspecified atom stereocenters. The number of hydrogen-bond acceptors (Lipinski definition) is 3. The summed E-state index contributed by atoms with van der Waals surface area (Å²) in [7, 11) is 0. The van der Waals surface area contributed by atoms with Gasteiger partial charge in [-0.25, -0.2) is 0 Å². The maximum absolute atomic E-state index is 12.6. The highest BCUT2D eigenvalue weighted by Gasteiger charge is 2.30. The summed E-state index contributed by atoms with van der Waals surface area (Å²) >= 11 is 0. The largest absolute Gasteiger partial charge is 0.486 e. The van der Waals surface area contributed by atoms with Gasteiger partial charge in [-0.2, -0.15) is 13.2 Å². The standard InChI is InChI=1S/C16H12F3NO2/c17-16(18,19)11-2-1-3-13(7-11)21-9-14-6-10-4-5-12(20)8-15(10)22-14/h1-8H,9,20H2. The van der Waals surface area contributed by atoms with Crippen LogP contribution in [0.3, 0.4) is 0 Å². The normalized spacial score (nSPS) is 11.8. The quantitative estimate of drug-likeness (QED) is 0.719. The van der Waals surface area contributed by atoms with Crippen molar-refractivity contribution in [2.75, 3.05) is 5.73 Å². The Hall–Kier alpha value is -2.63. The lowest BCUT2D eigenvalue weighted by atomic mass is 10.2. The van der Waals surface area contributed by atoms with E-state index in [2.05, 4.69) is 0 Å². The molecule has 3 rings (SSSR count). The third-order valence-corrected chi connectivity index (χ3v) is 3.14. The monoisotopic (exact) mass is 307 g/mol. The first-order valence-electron chi connectivity index (χ1n) is 6.50. The van der Waals surface area contributed by atoms with Crippen LogP contribution in [-0.4, -0.2) is 0 Å². The highest BCUT2D eigenvalue weighted by molar-refractivity contribution is 5.81. The van der Waals surface area contributed by atoms with Crippen molar-refractivity contribution in [1.82, 2.24) is 0 Å². The van der Waals surface area contributed by atoms with Gasteiger partial charge in [0.2, 0.25) is 0 Å². The van der Waals surface area contributed by atoms with Crippen LogP contribution in [0.25, 0.3) is 11.0 Å². The Morgan fingerprint density at radius 2 is 1.86 bits per heavy atom. The molecule has 0 aliphatic heterocycles. The van der Waals surface area contributed by atoms with E-state index in [-0.39, 0.29) is 12.4 Å². The maximum Gasteiger partial charge on any atom is 0.416 e. The number of nitrogen functional groups attached to an aromatic ring is 1. The molecule has 1 aromatic heterocycles. The summed E-state index contributed by atoms with van der Waals surface area (Å²) in [6.07, 6.45) is -4.39. The highest BCUT2D eigenvalue weighted by Crippen LogP contribution is 2.31. The predicted molar refractivity (Wildman–Crippen MR) is 76.4 cm³/mol. The minimum atomic E-state index is -4.39. The van der Waals surface area contributed by atoms with Crippen molar-refractivity contribution < 1.29 is 22.3 Å². The molecule has 22 heavy (non-hydrogen) atoms. The fourth-order valence-electron chi connectivity index (χ4n) is 2.09. The fraction of sp³-hybridized carbons (Fsp3) is 0.125. The second-order valence-corrected chi connectivity index (χ2v) is 4.82. The molecule has 0 amide bonds. The number of halogens is 3. The minimum absolute atomic E-state index is 0.0376. The molecule has 3 nitrogen and oxygen atoms in total. The van der Waals surface area contributed by atoms with Gasteiger partial charge in [0.05, 0.1) is 5.56 Å². The topological polar surface area (TPSA) is 48.4 Å². The molecule has 114 valence electrons. The van der Waals surface area contributed by atoms with Gasteiger partial charge in [0.15, 0.2) is 0 Å². The average Bonchev–Trinajstić information content (AvgIpc) is 2.86. The van der Waals surface area contributed by atoms with Gasteiger partial charge in [0, 0.05) is 17.1 Å². The zero-order chi connectivity index (χ0) is 15.7. The van der Waals surface area contributed by atoms with E-state index in [9.17, 15) is 13.2 Å². The molecular formula is C16H12F3NO2. The first-order chi connectivity index (χ1) is 10.4. The Bertz CT molecular complexity index is 809. The lowest BCUT2D eigenvalue weighted by Gasteiger charge is -2.09. The fourth-order valence-corrected chi connectivity index (χ4v) is 2.09. The molecule has 0 saturated heterocycles. The van der Waals surface area contributed by atoms with E-state index in [1.807, 2.05) is 6.07 Å². The number of benzene rings is 2. The number of furan rings is 1. The van der Waals surface area contributed by atoms with Crippen molar-refractivity contribution in [3.63, 3.8) is 0 Å². The van der Waals surface area contributed by atoms with Crippen LogP contribution in [0.4, 0.5) is 18.9 Å². The van der Waals surface area contributed by atoms with Crippen LogP contribution in [0.15, 0.2) is 52.9 Å². The van der Waals surface area contributed by atoms with E-state index < -0.39 is 11.7 Å². The summed E-state index contributed by atoms with van der Waals surface area (Å²) in [6, 6.07) is 11.7. The lowest BCUT2D eigenvalue weighted by Crippen LogP contribution is -2.05. The summed E-state index contributed by atoms with van der Waals surface area (Å²) in [5.41, 5.74) is 6.10. The molecule has 1 heterocycles. The number of alkyl halides is 3. The number of anilines is 1. The number of nitrogens with two attached hydrogens (primary N) is 1. The summed E-state index contributed by atoms with van der Waals surface area (Å²) in [4.78, 5) is 0. The van der Waals surface area contributed by atoms with Crippen molar-refractivity contribution in [3.8, 4) is 5.75 Å². The maximum atomic E-state index is 12.6. The molecule has 3 aromatic rings. The van der Waals surface area contributed by atoms with Gasteiger partial charge in [-0.05, 0) is 36.4 Å². The molecule has 0 fully saturated rings. The first kappa shape index (κ1) is 14.3. The summed E-state index contributed by atoms with van der Waals surface area (Å²) < 4.78 is 48.8. The van der Waals surface area contributed by atoms with Crippen molar-refractivity contribution in [3.05, 3.63) is 59.9 Å². The SMILES string of the molecule is Nc1ccc2cc(COc3cccc(C(F)(F)F)c3)oc2c1. The molecular weight excluding hydrogens is 295 g/mol. The van der Waals surface area contributed by atoms with Crippen LogP contribution >= 0.6 is 0 Å². The molecule has 2 N–H and O–H groups in total. The molecule has 0 aliphatic carbocycles. The van der Waals surface area contributed by atoms with Gasteiger partial charge < -0.3 is 14.9 Å². The molecule has 0 bridgehead atoms. The van der Waals surface area contributed by atoms with E-state index in [1.54, 1.807) is 18.2 Å². The predicted octanol–water partition coefficient (Wildman–Crippen LogP) is 4.61. The average molecular weight is 307 g/mol. The molecule has 6 heteroatoms. The van der Waals surface area contributed by atoms with Crippen LogP contribution in [0, 0.1) is 0 Å². The smallest absolute Gasteiger partial charge is 0.416 e. The van der Waals surface area contributed by atoms with E-state index in [4.69, 9.17) is 14.9 Å². The lowest BCUT2D eigenvalue weighted by molar-refractivity contribution is -0.137. The van der Waals surface area contributed by atoms with Crippen LogP contribution < -0.4 is 10.5 Å². The van der Waals surface area contributed by atoms with E-state index in [0.29, 0.717) is 17.0 Å². The van der Waals surface area contributed by atoms with Crippen molar-refractivity contribution in [2.24, 2.45) is 0 Å². The Labute approximate surface area is 124 Å². The minimum Gasteiger partial charge on any atom is -0.486 e. The molecule has 0 atom stereocenters. The number of ether oxygens (including phenoxy) is 1. The molecule has 0 spiro atoms. The zero-order valence-electron chi connectivity index (χ0n) is 11.4. The molecule has 0 aliphatic rings. The summed E-state index contributed by atoms with van der Waals surface area (Å²) in [5, 5.41) is 0.858. The van der Waals surface area contributed by atoms with Gasteiger partial charge in [-0.3, -0.25) is 0 Å². The van der Waals surface area contributed by atoms with Crippen LogP contribution in [0.5, 0.6) is 5.75 Å². The molecule has 0 saturated carbocycles. The van der Waals surface area contributed by atoms with Crippen molar-refractivity contribution in [1.29, 1.82) is 0 Å². The third kappa shape index (κ3) is 3.00. The van der Waals surface area contributed by atoms with Gasteiger partial charge in [-0.15, -0.1) is 0 Å². The Morgan fingerprint density at radius 3 is 2.64 bits per heavy atom. The van der Waals surface area contributed by atoms with Gasteiger partial charge in [-0.1, -0.05) is 6.07 Å². The Kier molecular flexibility index (Phi) is 3.44. The zero-order valence-corrected chi connectivity index (χ0v) is 11.4. The number of rotatable bonds is 3. The van der Waals surface area contributed by atoms with Gasteiger partial charge in [0.25, 0.3) is 0 Å². The van der Waals surface area contributed by atoms with Crippen molar-refractivity contribution >= 4 is 16.7 Å². The first-order valence-corrected chi connectivity index (χ1v) is 6.50. The van der Waals surface area contributed by atoms with E-state index >= 15 is 0 Å². The summed E-state index contributed by atoms with van der Waals surface area (Å²) in [5.74, 6) is 0.646. The van der Waals surface area contributed by atoms with Gasteiger partial charge in [0.1, 0.15) is 23.7 Å². The molecule has 2 aromatic carbocycles. The van der Waals surface area contributed by atoms with E-state index in [0.717, 1.165) is 17.5 Å². The van der Waals surface area contributed by atoms with Crippen LogP contribution in [-0.2, 0) is 12.8 Å². The summed E-state index contributed by atoms with van der Waals surface area (Å²) in [6.45, 7) is 0.0376. The second-order valence-electron chi connectivity index (χ2n) is 4.82. The second kappa shape index (κ2) is 5.29. The Morgan fingerprint density at radius 1 is 1.05 bits per heavy atom.